The largest absolute Gasteiger partial charge is 0.491 e. The van der Waals surface area contributed by atoms with E-state index in [2.05, 4.69) is 34.8 Å². The Morgan fingerprint density at radius 2 is 1.54 bits per heavy atom. The van der Waals surface area contributed by atoms with E-state index in [1.165, 1.54) is 41.5 Å². The van der Waals surface area contributed by atoms with Crippen LogP contribution >= 0.6 is 11.3 Å². The second-order valence-corrected chi connectivity index (χ2v) is 32.8. The number of benzene rings is 4. The van der Waals surface area contributed by atoms with Crippen LogP contribution in [0.3, 0.4) is 0 Å². The predicted molar refractivity (Wildman–Crippen MR) is 403 cm³/mol. The van der Waals surface area contributed by atoms with Crippen molar-refractivity contribution < 1.29 is 105 Å². The number of nitrogens with one attached hydrogen (secondary N) is 3. The molecule has 33 heteroatoms. The van der Waals surface area contributed by atoms with Gasteiger partial charge in [-0.25, -0.2) is 19.6 Å². The molecule has 3 aromatic heterocycles. The van der Waals surface area contributed by atoms with Gasteiger partial charge in [-0.1, -0.05) is 68.0 Å². The number of amides is 6. The van der Waals surface area contributed by atoms with Crippen molar-refractivity contribution in [2.24, 2.45) is 22.2 Å². The van der Waals surface area contributed by atoms with Crippen LogP contribution in [0.4, 0.5) is 9.93 Å². The van der Waals surface area contributed by atoms with E-state index in [1.807, 2.05) is 66.2 Å². The highest BCUT2D eigenvalue weighted by atomic mass is 32.2. The van der Waals surface area contributed by atoms with Gasteiger partial charge in [0.1, 0.15) is 54.8 Å². The zero-order valence-corrected chi connectivity index (χ0v) is 63.5. The number of unbranched alkanes of at least 4 members (excludes halogenated alkanes) is 2. The van der Waals surface area contributed by atoms with Crippen molar-refractivity contribution in [3.63, 3.8) is 0 Å². The van der Waals surface area contributed by atoms with Crippen LogP contribution in [-0.4, -0.2) is 224 Å². The zero-order valence-electron chi connectivity index (χ0n) is 61.8. The number of imide groups is 1. The normalized spacial score (nSPS) is 23.6. The van der Waals surface area contributed by atoms with E-state index < -0.39 is 113 Å². The molecule has 1 aliphatic heterocycles. The summed E-state index contributed by atoms with van der Waals surface area (Å²) in [5.74, 6) is -7.93. The van der Waals surface area contributed by atoms with Gasteiger partial charge in [-0.05, 0) is 134 Å². The van der Waals surface area contributed by atoms with Crippen molar-refractivity contribution in [1.82, 2.24) is 40.2 Å². The van der Waals surface area contributed by atoms with Gasteiger partial charge in [0, 0.05) is 104 Å². The maximum Gasteiger partial charge on any atom is 0.410 e. The fourth-order valence-corrected chi connectivity index (χ4v) is 19.0. The lowest BCUT2D eigenvalue weighted by molar-refractivity contribution is -0.248. The number of aliphatic carboxylic acids is 1. The number of rotatable bonds is 36. The molecular formula is C78H91N9O22S2. The SMILES string of the molecule is COCCN(CCOC12CC3(C)CC(C)(CC(Cn4ncc(-c5ccc(-c6ccc7cccc(C(=O)Nc8nc9ccccc9s8)c7c6)nc5C(=O)O)c4C)(C3)C1)C2)C(=O)OCc1ccc(OCCOCCNC(=O)[C@H](CS(=O)(=O)O)NC(=O)CCCCCN2C(=O)C=CC2=O)cc1O[C@@H]1C[C@H](C(=O)O)[C@@H](O)[C@H](O)[C@H]1O. The molecule has 5 fully saturated rings. The molecule has 5 saturated carbocycles. The van der Waals surface area contributed by atoms with Gasteiger partial charge < -0.3 is 69.5 Å². The number of para-hydroxylation sites is 1. The first-order valence-electron chi connectivity index (χ1n) is 36.8. The predicted octanol–water partition coefficient (Wildman–Crippen LogP) is 7.36. The van der Waals surface area contributed by atoms with Gasteiger partial charge in [0.05, 0.1) is 66.2 Å². The molecule has 31 nitrogen and oxygen atoms in total. The van der Waals surface area contributed by atoms with Crippen molar-refractivity contribution in [2.45, 2.75) is 141 Å². The molecule has 0 spiro atoms. The number of pyridine rings is 1. The summed E-state index contributed by atoms with van der Waals surface area (Å²) in [6.07, 6.45) is 2.15. The van der Waals surface area contributed by atoms with Crippen LogP contribution in [0, 0.1) is 29.1 Å². The third-order valence-corrected chi connectivity index (χ3v) is 23.1. The van der Waals surface area contributed by atoms with Crippen molar-refractivity contribution in [1.29, 1.82) is 0 Å². The van der Waals surface area contributed by atoms with E-state index in [0.29, 0.717) is 70.7 Å². The zero-order chi connectivity index (χ0) is 79.2. The van der Waals surface area contributed by atoms with E-state index >= 15 is 0 Å². The Morgan fingerprint density at radius 3 is 2.27 bits per heavy atom. The minimum absolute atomic E-state index is 0.0281. The van der Waals surface area contributed by atoms with E-state index in [1.54, 1.807) is 24.4 Å². The smallest absolute Gasteiger partial charge is 0.410 e. The Morgan fingerprint density at radius 1 is 0.784 bits per heavy atom. The number of fused-ring (bicyclic) bond motifs is 2. The number of hydrogen-bond acceptors (Lipinski definition) is 23. The van der Waals surface area contributed by atoms with Gasteiger partial charge in [-0.2, -0.15) is 13.5 Å². The molecule has 7 aromatic rings. The average Bonchev–Trinajstić information content (AvgIpc) is 1.16. The molecule has 6 amide bonds. The highest BCUT2D eigenvalue weighted by molar-refractivity contribution is 7.85. The summed E-state index contributed by atoms with van der Waals surface area (Å²) >= 11 is 1.38. The van der Waals surface area contributed by atoms with Crippen LogP contribution in [0.25, 0.3) is 43.4 Å². The average molecular weight is 1570 g/mol. The highest BCUT2D eigenvalue weighted by Gasteiger charge is 2.66. The molecule has 13 rings (SSSR count). The second-order valence-electron chi connectivity index (χ2n) is 30.3. The molecule has 5 aliphatic carbocycles. The number of hydrogen-bond donors (Lipinski definition) is 9. The molecule has 111 heavy (non-hydrogen) atoms. The number of carbonyl (C=O) groups excluding carboxylic acids is 6. The first kappa shape index (κ1) is 80.7. The second kappa shape index (κ2) is 34.0. The molecule has 2 unspecified atom stereocenters. The summed E-state index contributed by atoms with van der Waals surface area (Å²) in [5.41, 5.74) is 3.08. The number of methoxy groups -OCH3 is 1. The first-order valence-corrected chi connectivity index (χ1v) is 39.2. The summed E-state index contributed by atoms with van der Waals surface area (Å²) in [4.78, 5) is 115. The number of carboxylic acids is 2. The number of nitrogens with zero attached hydrogens (tertiary/aromatic N) is 6. The lowest BCUT2D eigenvalue weighted by atomic mass is 9.39. The van der Waals surface area contributed by atoms with Crippen LogP contribution < -0.4 is 25.4 Å². The Bertz CT molecular complexity index is 4770. The molecule has 592 valence electrons. The number of aliphatic hydroxyl groups excluding tert-OH is 3. The Kier molecular flexibility index (Phi) is 24.7. The summed E-state index contributed by atoms with van der Waals surface area (Å²) in [6, 6.07) is 25.0. The lowest BCUT2D eigenvalue weighted by Gasteiger charge is -2.69. The number of carbonyl (C=O) groups is 8. The van der Waals surface area contributed by atoms with Crippen molar-refractivity contribution in [3.05, 3.63) is 132 Å². The van der Waals surface area contributed by atoms with Gasteiger partial charge in [-0.15, -0.1) is 0 Å². The van der Waals surface area contributed by atoms with Crippen LogP contribution in [0.1, 0.15) is 117 Å². The number of aromatic nitrogens is 4. The monoisotopic (exact) mass is 1570 g/mol. The number of ether oxygens (including phenoxy) is 6. The molecule has 4 bridgehead atoms. The summed E-state index contributed by atoms with van der Waals surface area (Å²) < 4.78 is 72.3. The van der Waals surface area contributed by atoms with Crippen molar-refractivity contribution in [2.75, 3.05) is 77.4 Å². The Hall–Kier alpha value is -9.84. The van der Waals surface area contributed by atoms with Crippen LogP contribution in [-0.2, 0) is 66.2 Å². The molecule has 0 radical (unpaired) electrons. The van der Waals surface area contributed by atoms with E-state index in [-0.39, 0.29) is 111 Å². The fraction of sp³-hybridized carbons (Fsp3) is 0.474. The van der Waals surface area contributed by atoms with Crippen LogP contribution in [0.5, 0.6) is 11.5 Å². The first-order chi connectivity index (χ1) is 52.9. The Balaban J connectivity index is 0.665. The van der Waals surface area contributed by atoms with Gasteiger partial charge in [0.2, 0.25) is 11.8 Å². The molecule has 6 aliphatic rings. The quantitative estimate of drug-likeness (QED) is 0.0105. The summed E-state index contributed by atoms with van der Waals surface area (Å²) in [5, 5.41) is 67.7. The summed E-state index contributed by atoms with van der Waals surface area (Å²) in [7, 11) is -3.23. The van der Waals surface area contributed by atoms with E-state index in [0.717, 1.165) is 70.5 Å². The molecule has 9 N–H and O–H groups in total. The van der Waals surface area contributed by atoms with Crippen molar-refractivity contribution >= 4 is 95.1 Å². The van der Waals surface area contributed by atoms with Crippen LogP contribution in [0.15, 0.2) is 109 Å². The van der Waals surface area contributed by atoms with Gasteiger partial charge in [0.15, 0.2) is 10.8 Å². The maximum absolute atomic E-state index is 14.3. The minimum atomic E-state index is -4.73. The molecule has 8 atom stereocenters. The van der Waals surface area contributed by atoms with Crippen LogP contribution in [0.2, 0.25) is 0 Å². The van der Waals surface area contributed by atoms with Crippen molar-refractivity contribution in [3.8, 4) is 33.9 Å². The van der Waals surface area contributed by atoms with Gasteiger partial charge in [0.25, 0.3) is 27.8 Å². The third-order valence-electron chi connectivity index (χ3n) is 21.4. The lowest BCUT2D eigenvalue weighted by Crippen LogP contribution is -2.64. The third kappa shape index (κ3) is 19.2. The van der Waals surface area contributed by atoms with Gasteiger partial charge in [-0.3, -0.25) is 48.2 Å². The standard InChI is InChI=1S/C78H91N9O22S2/c1-46-55(51-20-21-56(82-65(51)72(98)99)48-17-16-47-11-10-12-52(53(47)33-48)69(94)84-73-83-57-13-7-8-14-61(57)110-73)36-80-87(46)45-77-40-75(2)39-76(3,41-77)43-78(42-75,44-77)108-30-27-85(26-29-104-4)74(100)107-37-49-18-19-50(34-59(49)109-60-35-54(71(96)97)66(91)68(93)67(60)92)106-32-31-105-28-24-79-70(95)58(38-111(101,102)103)81-62(88)15-6-5-9-25-86-63(89)22-23-64(86)90/h7-8,10-14,16-23,33-34,36,54,58,60,66-68,91-93H,5-6,9,15,24-32,35,37-45H2,1-4H3,(H,79,95)(H,81,88)(H,96,97)(H,98,99)(H,83,84,94)(H,101,102,103)/t54-,58-,60+,66+,67-,68-,75?,76?,77?,78?/m0/s1. The Labute approximate surface area is 643 Å². The molecular weight excluding hydrogens is 1480 g/mol. The highest BCUT2D eigenvalue weighted by Crippen LogP contribution is 2.72. The number of aliphatic hydroxyl groups is 3. The van der Waals surface area contributed by atoms with Gasteiger partial charge >= 0.3 is 18.0 Å². The topological polar surface area (TPSA) is 434 Å². The number of carboxylic acid groups (broad SMARTS) is 2. The number of thiazole rings is 1. The maximum atomic E-state index is 14.3. The molecule has 4 heterocycles. The van der Waals surface area contributed by atoms with E-state index in [9.17, 15) is 76.9 Å². The molecule has 0 saturated heterocycles. The number of aromatic carboxylic acids is 1. The number of anilines is 1. The van der Waals surface area contributed by atoms with E-state index in [4.69, 9.17) is 38.5 Å². The summed E-state index contributed by atoms with van der Waals surface area (Å²) in [6.45, 7) is 6.90. The molecule has 4 aromatic carbocycles. The minimum Gasteiger partial charge on any atom is -0.491 e. The fourth-order valence-electron chi connectivity index (χ4n) is 17.5.